The summed E-state index contributed by atoms with van der Waals surface area (Å²) in [7, 11) is 0. The van der Waals surface area contributed by atoms with E-state index in [-0.39, 0.29) is 18.2 Å². The molecule has 0 bridgehead atoms. The molecule has 1 unspecified atom stereocenters. The molecule has 1 aliphatic heterocycles. The highest BCUT2D eigenvalue weighted by atomic mass is 19.1. The van der Waals surface area contributed by atoms with Crippen LogP contribution in [0.4, 0.5) is 4.39 Å². The Morgan fingerprint density at radius 2 is 1.74 bits per heavy atom. The first-order chi connectivity index (χ1) is 18.7. The molecule has 0 radical (unpaired) electrons. The van der Waals surface area contributed by atoms with E-state index >= 15 is 0 Å². The third-order valence-electron chi connectivity index (χ3n) is 8.23. The summed E-state index contributed by atoms with van der Waals surface area (Å²) in [6.07, 6.45) is 4.68. The van der Waals surface area contributed by atoms with Crippen LogP contribution in [0.15, 0.2) is 60.7 Å². The first-order valence-corrected chi connectivity index (χ1v) is 14.5. The van der Waals surface area contributed by atoms with Gasteiger partial charge in [-0.1, -0.05) is 57.2 Å². The van der Waals surface area contributed by atoms with E-state index in [0.29, 0.717) is 12.2 Å². The highest BCUT2D eigenvalue weighted by Crippen LogP contribution is 2.42. The summed E-state index contributed by atoms with van der Waals surface area (Å²) in [5.41, 5.74) is 10.2. The number of hydrogen-bond donors (Lipinski definition) is 1. The van der Waals surface area contributed by atoms with Crippen molar-refractivity contribution in [2.75, 3.05) is 26.3 Å². The van der Waals surface area contributed by atoms with Gasteiger partial charge in [0.05, 0.1) is 6.67 Å². The summed E-state index contributed by atoms with van der Waals surface area (Å²) in [5.74, 6) is 1.20. The summed E-state index contributed by atoms with van der Waals surface area (Å²) < 4.78 is 18.9. The number of nitrogens with zero attached hydrogens (tertiary/aromatic N) is 1. The molecule has 1 fully saturated rings. The van der Waals surface area contributed by atoms with Gasteiger partial charge in [0.2, 0.25) is 0 Å². The minimum atomic E-state index is -0.260. The van der Waals surface area contributed by atoms with E-state index in [1.54, 1.807) is 0 Å². The van der Waals surface area contributed by atoms with Gasteiger partial charge in [-0.3, -0.25) is 9.29 Å². The fraction of sp³-hybridized carbons (Fsp3) is 0.429. The van der Waals surface area contributed by atoms with Gasteiger partial charge in [0.25, 0.3) is 0 Å². The van der Waals surface area contributed by atoms with Crippen molar-refractivity contribution in [2.45, 2.75) is 71.3 Å². The van der Waals surface area contributed by atoms with Crippen LogP contribution in [0.25, 0.3) is 11.1 Å². The molecule has 206 valence electrons. The number of halogens is 1. The molecule has 1 atom stereocenters. The first kappa shape index (κ1) is 27.5. The lowest BCUT2D eigenvalue weighted by atomic mass is 9.82. The van der Waals surface area contributed by atoms with E-state index < -0.39 is 0 Å². The van der Waals surface area contributed by atoms with Crippen LogP contribution < -0.4 is 4.74 Å². The highest BCUT2D eigenvalue weighted by Gasteiger charge is 2.25. The van der Waals surface area contributed by atoms with Crippen molar-refractivity contribution in [3.63, 3.8) is 0 Å². The molecule has 1 heterocycles. The quantitative estimate of drug-likeness (QED) is 0.337. The van der Waals surface area contributed by atoms with E-state index in [2.05, 4.69) is 81.1 Å². The number of aromatic hydroxyl groups is 1. The average Bonchev–Trinajstić information content (AvgIpc) is 3.26. The number of phenols is 1. The van der Waals surface area contributed by atoms with Gasteiger partial charge in [-0.15, -0.1) is 0 Å². The molecule has 0 amide bonds. The molecule has 3 aromatic carbocycles. The van der Waals surface area contributed by atoms with E-state index in [4.69, 9.17) is 4.74 Å². The normalized spacial score (nSPS) is 18.2. The number of alkyl halides is 1. The van der Waals surface area contributed by atoms with E-state index in [1.165, 1.54) is 44.5 Å². The van der Waals surface area contributed by atoms with Crippen molar-refractivity contribution in [3.8, 4) is 11.5 Å². The van der Waals surface area contributed by atoms with Crippen LogP contribution in [0.5, 0.6) is 11.5 Å². The molecule has 39 heavy (non-hydrogen) atoms. The predicted octanol–water partition coefficient (Wildman–Crippen LogP) is 8.11. The van der Waals surface area contributed by atoms with Crippen molar-refractivity contribution in [3.05, 3.63) is 94.0 Å². The SMILES string of the molecule is Cc1cc(C(C)(C)C)ccc1C1=C(c2ccc(OC3CCN(CCCF)C3)cc2)c2ccc(O)cc2CCC1. The van der Waals surface area contributed by atoms with Gasteiger partial charge >= 0.3 is 0 Å². The van der Waals surface area contributed by atoms with Crippen molar-refractivity contribution < 1.29 is 14.2 Å². The van der Waals surface area contributed by atoms with Crippen LogP contribution in [0.2, 0.25) is 0 Å². The molecular formula is C35H42FNO2. The zero-order chi connectivity index (χ0) is 27.6. The molecule has 0 aromatic heterocycles. The fourth-order valence-corrected chi connectivity index (χ4v) is 6.11. The minimum absolute atomic E-state index is 0.105. The van der Waals surface area contributed by atoms with E-state index in [1.807, 2.05) is 12.1 Å². The number of allylic oxidation sites excluding steroid dienone is 1. The first-order valence-electron chi connectivity index (χ1n) is 14.5. The topological polar surface area (TPSA) is 32.7 Å². The van der Waals surface area contributed by atoms with Gasteiger partial charge in [-0.2, -0.15) is 0 Å². The van der Waals surface area contributed by atoms with Gasteiger partial charge in [-0.05, 0) is 113 Å². The van der Waals surface area contributed by atoms with Crippen LogP contribution in [0.3, 0.4) is 0 Å². The molecule has 1 N–H and O–H groups in total. The smallest absolute Gasteiger partial charge is 0.119 e. The van der Waals surface area contributed by atoms with E-state index in [0.717, 1.165) is 51.1 Å². The second-order valence-electron chi connectivity index (χ2n) is 12.2. The van der Waals surface area contributed by atoms with Crippen molar-refractivity contribution in [1.82, 2.24) is 4.90 Å². The Hall–Kier alpha value is -3.11. The summed E-state index contributed by atoms with van der Waals surface area (Å²) in [6.45, 7) is 11.4. The number of likely N-dealkylation sites (tertiary alicyclic amines) is 1. The van der Waals surface area contributed by atoms with Gasteiger partial charge in [0.1, 0.15) is 17.6 Å². The molecular weight excluding hydrogens is 485 g/mol. The van der Waals surface area contributed by atoms with Crippen LogP contribution in [0, 0.1) is 6.92 Å². The Kier molecular flexibility index (Phi) is 8.13. The summed E-state index contributed by atoms with van der Waals surface area (Å²) in [6, 6.07) is 21.3. The molecule has 1 saturated heterocycles. The monoisotopic (exact) mass is 527 g/mol. The van der Waals surface area contributed by atoms with Crippen molar-refractivity contribution in [1.29, 1.82) is 0 Å². The Morgan fingerprint density at radius 3 is 2.46 bits per heavy atom. The highest BCUT2D eigenvalue weighted by molar-refractivity contribution is 6.00. The zero-order valence-electron chi connectivity index (χ0n) is 23.9. The Labute approximate surface area is 233 Å². The van der Waals surface area contributed by atoms with Crippen LogP contribution >= 0.6 is 0 Å². The lowest BCUT2D eigenvalue weighted by Gasteiger charge is -2.23. The number of aryl methyl sites for hydroxylation is 2. The number of rotatable bonds is 7. The molecule has 5 rings (SSSR count). The zero-order valence-corrected chi connectivity index (χ0v) is 23.9. The lowest BCUT2D eigenvalue weighted by Crippen LogP contribution is -2.26. The second-order valence-corrected chi connectivity index (χ2v) is 12.2. The van der Waals surface area contributed by atoms with Gasteiger partial charge in [0, 0.05) is 19.6 Å². The Bertz CT molecular complexity index is 1340. The van der Waals surface area contributed by atoms with Gasteiger partial charge in [0.15, 0.2) is 0 Å². The maximum absolute atomic E-state index is 12.6. The fourth-order valence-electron chi connectivity index (χ4n) is 6.11. The Balaban J connectivity index is 1.51. The summed E-state index contributed by atoms with van der Waals surface area (Å²) >= 11 is 0. The second kappa shape index (κ2) is 11.6. The molecule has 3 aromatic rings. The van der Waals surface area contributed by atoms with Crippen molar-refractivity contribution in [2.24, 2.45) is 0 Å². The molecule has 0 saturated carbocycles. The molecule has 2 aliphatic rings. The largest absolute Gasteiger partial charge is 0.508 e. The number of fused-ring (bicyclic) bond motifs is 1. The molecule has 0 spiro atoms. The predicted molar refractivity (Wildman–Crippen MR) is 159 cm³/mol. The Morgan fingerprint density at radius 1 is 0.974 bits per heavy atom. The summed E-state index contributed by atoms with van der Waals surface area (Å²) in [5, 5.41) is 10.3. The average molecular weight is 528 g/mol. The maximum Gasteiger partial charge on any atom is 0.119 e. The number of hydrogen-bond acceptors (Lipinski definition) is 3. The minimum Gasteiger partial charge on any atom is -0.508 e. The van der Waals surface area contributed by atoms with Crippen molar-refractivity contribution >= 4 is 11.1 Å². The van der Waals surface area contributed by atoms with Crippen LogP contribution in [-0.4, -0.2) is 42.4 Å². The van der Waals surface area contributed by atoms with Crippen LogP contribution in [0.1, 0.15) is 79.8 Å². The van der Waals surface area contributed by atoms with Crippen LogP contribution in [-0.2, 0) is 11.8 Å². The maximum atomic E-state index is 12.6. The summed E-state index contributed by atoms with van der Waals surface area (Å²) in [4.78, 5) is 2.29. The molecule has 1 aliphatic carbocycles. The number of ether oxygens (including phenoxy) is 1. The van der Waals surface area contributed by atoms with E-state index in [9.17, 15) is 9.50 Å². The number of benzene rings is 3. The van der Waals surface area contributed by atoms with Gasteiger partial charge in [-0.25, -0.2) is 0 Å². The standard InChI is InChI=1S/C35H42FNO2/c1-24-21-27(35(2,3)4)11-15-31(24)33-8-5-7-26-22-28(38)12-16-32(26)34(33)25-9-13-29(14-10-25)39-30-17-20-37(23-30)19-6-18-36/h9-16,21-22,30,38H,5-8,17-20,23H2,1-4H3. The third-order valence-corrected chi connectivity index (χ3v) is 8.23. The van der Waals surface area contributed by atoms with Gasteiger partial charge < -0.3 is 9.84 Å². The molecule has 3 nitrogen and oxygen atoms in total. The molecule has 4 heteroatoms. The lowest BCUT2D eigenvalue weighted by molar-refractivity contribution is 0.198. The third kappa shape index (κ3) is 6.22. The number of phenolic OH excluding ortho intramolecular Hbond substituents is 1.